The molecule has 1 saturated heterocycles. The van der Waals surface area contributed by atoms with E-state index in [4.69, 9.17) is 11.6 Å². The van der Waals surface area contributed by atoms with E-state index in [1.54, 1.807) is 11.1 Å². The average Bonchev–Trinajstić information content (AvgIpc) is 2.60. The molecule has 0 radical (unpaired) electrons. The quantitative estimate of drug-likeness (QED) is 0.472. The first-order chi connectivity index (χ1) is 7.22. The van der Waals surface area contributed by atoms with E-state index in [-0.39, 0.29) is 11.8 Å². The Bertz CT molecular complexity index is 385. The van der Waals surface area contributed by atoms with Crippen molar-refractivity contribution in [2.75, 3.05) is 17.3 Å². The van der Waals surface area contributed by atoms with Crippen LogP contribution in [0.25, 0.3) is 0 Å². The summed E-state index contributed by atoms with van der Waals surface area (Å²) in [5.41, 5.74) is 0.899. The molecular formula is C10H10ClIN2O. The van der Waals surface area contributed by atoms with Gasteiger partial charge in [0.25, 0.3) is 0 Å². The highest BCUT2D eigenvalue weighted by molar-refractivity contribution is 14.1. The maximum absolute atomic E-state index is 11.7. The molecule has 3 nitrogen and oxygen atoms in total. The standard InChI is InChI=1S/C10H10ClIN2O/c11-5-7-4-9(15)14(6-7)8-2-1-3-13-10(8)12/h1-3,7H,4-6H2. The number of carbonyl (C=O) groups is 1. The highest BCUT2D eigenvalue weighted by Gasteiger charge is 2.30. The lowest BCUT2D eigenvalue weighted by Gasteiger charge is -2.17. The van der Waals surface area contributed by atoms with Crippen molar-refractivity contribution in [2.24, 2.45) is 5.92 Å². The molecule has 5 heteroatoms. The number of hydrogen-bond donors (Lipinski definition) is 0. The van der Waals surface area contributed by atoms with Crippen LogP contribution in [0.2, 0.25) is 0 Å². The van der Waals surface area contributed by atoms with Gasteiger partial charge in [0.1, 0.15) is 3.70 Å². The van der Waals surface area contributed by atoms with Crippen molar-refractivity contribution in [1.82, 2.24) is 4.98 Å². The molecule has 1 fully saturated rings. The summed E-state index contributed by atoms with van der Waals surface area (Å²) < 4.78 is 0.860. The van der Waals surface area contributed by atoms with Crippen molar-refractivity contribution in [3.05, 3.63) is 22.0 Å². The highest BCUT2D eigenvalue weighted by atomic mass is 127. The Labute approximate surface area is 107 Å². The summed E-state index contributed by atoms with van der Waals surface area (Å²) in [4.78, 5) is 17.7. The van der Waals surface area contributed by atoms with Crippen molar-refractivity contribution < 1.29 is 4.79 Å². The molecule has 1 aliphatic heterocycles. The van der Waals surface area contributed by atoms with Crippen molar-refractivity contribution in [2.45, 2.75) is 6.42 Å². The number of alkyl halides is 1. The number of amides is 1. The lowest BCUT2D eigenvalue weighted by molar-refractivity contribution is -0.117. The molecule has 80 valence electrons. The van der Waals surface area contributed by atoms with Crippen LogP contribution < -0.4 is 4.90 Å². The molecule has 1 atom stereocenters. The van der Waals surface area contributed by atoms with Crippen molar-refractivity contribution in [1.29, 1.82) is 0 Å². The molecule has 0 spiro atoms. The van der Waals surface area contributed by atoms with E-state index in [2.05, 4.69) is 27.6 Å². The largest absolute Gasteiger partial charge is 0.310 e. The predicted molar refractivity (Wildman–Crippen MR) is 68.1 cm³/mol. The van der Waals surface area contributed by atoms with Crippen molar-refractivity contribution in [3.8, 4) is 0 Å². The van der Waals surface area contributed by atoms with Gasteiger partial charge in [0.2, 0.25) is 5.91 Å². The molecule has 0 N–H and O–H groups in total. The second-order valence-electron chi connectivity index (χ2n) is 3.54. The molecule has 0 aliphatic carbocycles. The SMILES string of the molecule is O=C1CC(CCl)CN1c1cccnc1I. The van der Waals surface area contributed by atoms with Gasteiger partial charge in [-0.3, -0.25) is 4.79 Å². The maximum Gasteiger partial charge on any atom is 0.227 e. The van der Waals surface area contributed by atoms with Gasteiger partial charge in [0, 0.05) is 25.0 Å². The minimum absolute atomic E-state index is 0.145. The van der Waals surface area contributed by atoms with E-state index in [0.717, 1.165) is 9.39 Å². The van der Waals surface area contributed by atoms with Gasteiger partial charge < -0.3 is 4.90 Å². The van der Waals surface area contributed by atoms with E-state index < -0.39 is 0 Å². The molecular weight excluding hydrogens is 326 g/mol. The molecule has 0 saturated carbocycles. The number of halogens is 2. The molecule has 1 aromatic rings. The Morgan fingerprint density at radius 3 is 3.07 bits per heavy atom. The fourth-order valence-corrected chi connectivity index (χ4v) is 2.54. The zero-order valence-corrected chi connectivity index (χ0v) is 10.9. The Hall–Kier alpha value is -0.360. The molecule has 1 aliphatic rings. The molecule has 1 unspecified atom stereocenters. The third-order valence-corrected chi connectivity index (χ3v) is 3.72. The molecule has 15 heavy (non-hydrogen) atoms. The van der Waals surface area contributed by atoms with Gasteiger partial charge in [-0.15, -0.1) is 11.6 Å². The third-order valence-electron chi connectivity index (χ3n) is 2.45. The Kier molecular flexibility index (Phi) is 3.45. The number of carbonyl (C=O) groups excluding carboxylic acids is 1. The fourth-order valence-electron chi connectivity index (χ4n) is 1.70. The maximum atomic E-state index is 11.7. The number of nitrogens with zero attached hydrogens (tertiary/aromatic N) is 2. The Balaban J connectivity index is 2.25. The van der Waals surface area contributed by atoms with Gasteiger partial charge in [-0.05, 0) is 40.6 Å². The Morgan fingerprint density at radius 1 is 1.67 bits per heavy atom. The second-order valence-corrected chi connectivity index (χ2v) is 4.87. The van der Waals surface area contributed by atoms with Crippen LogP contribution in [0.3, 0.4) is 0 Å². The number of anilines is 1. The van der Waals surface area contributed by atoms with Crippen LogP contribution in [0.4, 0.5) is 5.69 Å². The molecule has 1 amide bonds. The summed E-state index contributed by atoms with van der Waals surface area (Å²) in [5.74, 6) is 0.959. The molecule has 2 rings (SSSR count). The van der Waals surface area contributed by atoms with Crippen LogP contribution in [-0.2, 0) is 4.79 Å². The average molecular weight is 337 g/mol. The van der Waals surface area contributed by atoms with Gasteiger partial charge in [-0.25, -0.2) is 4.98 Å². The number of hydrogen-bond acceptors (Lipinski definition) is 2. The predicted octanol–water partition coefficient (Wildman–Crippen LogP) is 2.28. The van der Waals surface area contributed by atoms with E-state index in [0.29, 0.717) is 18.8 Å². The summed E-state index contributed by atoms with van der Waals surface area (Å²) in [5, 5.41) is 0. The zero-order valence-electron chi connectivity index (χ0n) is 7.99. The van der Waals surface area contributed by atoms with Crippen molar-refractivity contribution >= 4 is 45.8 Å². The first-order valence-corrected chi connectivity index (χ1v) is 6.30. The fraction of sp³-hybridized carbons (Fsp3) is 0.400. The van der Waals surface area contributed by atoms with Crippen LogP contribution in [0, 0.1) is 9.62 Å². The van der Waals surface area contributed by atoms with E-state index in [1.165, 1.54) is 0 Å². The first-order valence-electron chi connectivity index (χ1n) is 4.69. The van der Waals surface area contributed by atoms with E-state index in [9.17, 15) is 4.79 Å². The molecule has 0 bridgehead atoms. The summed E-state index contributed by atoms with van der Waals surface area (Å²) in [7, 11) is 0. The smallest absolute Gasteiger partial charge is 0.227 e. The monoisotopic (exact) mass is 336 g/mol. The number of pyridine rings is 1. The van der Waals surface area contributed by atoms with Gasteiger partial charge in [0.15, 0.2) is 0 Å². The van der Waals surface area contributed by atoms with Crippen LogP contribution in [0.5, 0.6) is 0 Å². The lowest BCUT2D eigenvalue weighted by Crippen LogP contribution is -2.25. The number of aromatic nitrogens is 1. The van der Waals surface area contributed by atoms with Crippen LogP contribution in [0.1, 0.15) is 6.42 Å². The van der Waals surface area contributed by atoms with Crippen molar-refractivity contribution in [3.63, 3.8) is 0 Å². The van der Waals surface area contributed by atoms with Gasteiger partial charge >= 0.3 is 0 Å². The minimum atomic E-state index is 0.145. The van der Waals surface area contributed by atoms with Crippen LogP contribution in [-0.4, -0.2) is 23.3 Å². The zero-order chi connectivity index (χ0) is 10.8. The summed E-state index contributed by atoms with van der Waals surface area (Å²) in [6, 6.07) is 3.77. The van der Waals surface area contributed by atoms with Crippen LogP contribution >= 0.6 is 34.2 Å². The van der Waals surface area contributed by atoms with Gasteiger partial charge in [-0.1, -0.05) is 0 Å². The number of rotatable bonds is 2. The van der Waals surface area contributed by atoms with E-state index in [1.807, 2.05) is 12.1 Å². The minimum Gasteiger partial charge on any atom is -0.310 e. The summed E-state index contributed by atoms with van der Waals surface area (Å²) >= 11 is 7.91. The third kappa shape index (κ3) is 2.25. The Morgan fingerprint density at radius 2 is 2.47 bits per heavy atom. The molecule has 2 heterocycles. The summed E-state index contributed by atoms with van der Waals surface area (Å²) in [6.07, 6.45) is 2.28. The highest BCUT2D eigenvalue weighted by Crippen LogP contribution is 2.28. The van der Waals surface area contributed by atoms with Crippen LogP contribution in [0.15, 0.2) is 18.3 Å². The first kappa shape index (κ1) is 11.1. The second kappa shape index (κ2) is 4.65. The summed E-state index contributed by atoms with van der Waals surface area (Å²) in [6.45, 7) is 0.712. The molecule has 1 aromatic heterocycles. The van der Waals surface area contributed by atoms with E-state index >= 15 is 0 Å². The molecule has 0 aromatic carbocycles. The topological polar surface area (TPSA) is 33.2 Å². The normalized spacial score (nSPS) is 21.1. The van der Waals surface area contributed by atoms with Gasteiger partial charge in [-0.2, -0.15) is 0 Å². The lowest BCUT2D eigenvalue weighted by atomic mass is 10.1. The van der Waals surface area contributed by atoms with Gasteiger partial charge in [0.05, 0.1) is 5.69 Å².